The van der Waals surface area contributed by atoms with Gasteiger partial charge in [-0.05, 0) is 37.4 Å². The van der Waals surface area contributed by atoms with Gasteiger partial charge in [0, 0.05) is 18.9 Å². The highest BCUT2D eigenvalue weighted by atomic mass is 19.1. The van der Waals surface area contributed by atoms with Crippen molar-refractivity contribution >= 4 is 0 Å². The molecule has 0 fully saturated rings. The molecule has 0 bridgehead atoms. The summed E-state index contributed by atoms with van der Waals surface area (Å²) in [6.07, 6.45) is 1.75. The molecule has 130 valence electrons. The Kier molecular flexibility index (Phi) is 5.47. The SMILES string of the molecule is COC[C@H](c1ccccn1)N(C)Cc1nnc(-c2cccc(F)c2)o1. The number of hydrogen-bond acceptors (Lipinski definition) is 6. The number of methoxy groups -OCH3 is 1. The van der Waals surface area contributed by atoms with E-state index in [0.29, 0.717) is 30.5 Å². The van der Waals surface area contributed by atoms with Crippen molar-refractivity contribution in [2.75, 3.05) is 20.8 Å². The predicted molar refractivity (Wildman–Crippen MR) is 90.0 cm³/mol. The molecule has 2 aromatic heterocycles. The molecule has 6 nitrogen and oxygen atoms in total. The van der Waals surface area contributed by atoms with Crippen molar-refractivity contribution in [3.05, 3.63) is 66.1 Å². The highest BCUT2D eigenvalue weighted by Gasteiger charge is 2.20. The third-order valence-corrected chi connectivity index (χ3v) is 3.81. The minimum Gasteiger partial charge on any atom is -0.419 e. The second kappa shape index (κ2) is 7.96. The normalized spacial score (nSPS) is 12.5. The Morgan fingerprint density at radius 2 is 2.08 bits per heavy atom. The molecular formula is C18H19FN4O2. The standard InChI is InChI=1S/C18H19FN4O2/c1-23(16(12-24-2)15-8-3-4-9-20-15)11-17-21-22-18(25-17)13-6-5-7-14(19)10-13/h3-10,16H,11-12H2,1-2H3/t16-/m1/s1. The monoisotopic (exact) mass is 342 g/mol. The van der Waals surface area contributed by atoms with E-state index in [-0.39, 0.29) is 11.9 Å². The first-order chi connectivity index (χ1) is 12.2. The molecule has 0 saturated heterocycles. The fourth-order valence-electron chi connectivity index (χ4n) is 2.55. The third-order valence-electron chi connectivity index (χ3n) is 3.81. The van der Waals surface area contributed by atoms with Gasteiger partial charge >= 0.3 is 0 Å². The van der Waals surface area contributed by atoms with Crippen molar-refractivity contribution in [3.63, 3.8) is 0 Å². The fourth-order valence-corrected chi connectivity index (χ4v) is 2.55. The van der Waals surface area contributed by atoms with Crippen LogP contribution in [0, 0.1) is 5.82 Å². The lowest BCUT2D eigenvalue weighted by Gasteiger charge is -2.25. The predicted octanol–water partition coefficient (Wildman–Crippen LogP) is 3.09. The molecule has 0 saturated carbocycles. The average Bonchev–Trinajstić information content (AvgIpc) is 3.09. The van der Waals surface area contributed by atoms with Gasteiger partial charge in [-0.25, -0.2) is 4.39 Å². The number of nitrogens with zero attached hydrogens (tertiary/aromatic N) is 4. The highest BCUT2D eigenvalue weighted by Crippen LogP contribution is 2.22. The van der Waals surface area contributed by atoms with E-state index in [1.807, 2.05) is 30.1 Å². The van der Waals surface area contributed by atoms with Gasteiger partial charge in [0.15, 0.2) is 0 Å². The second-order valence-electron chi connectivity index (χ2n) is 5.65. The van der Waals surface area contributed by atoms with Crippen molar-refractivity contribution in [1.29, 1.82) is 0 Å². The molecule has 0 aliphatic heterocycles. The van der Waals surface area contributed by atoms with Crippen molar-refractivity contribution in [1.82, 2.24) is 20.1 Å². The largest absolute Gasteiger partial charge is 0.419 e. The maximum absolute atomic E-state index is 13.3. The fraction of sp³-hybridized carbons (Fsp3) is 0.278. The first-order valence-electron chi connectivity index (χ1n) is 7.86. The van der Waals surface area contributed by atoms with Crippen LogP contribution in [0.25, 0.3) is 11.5 Å². The Bertz CT molecular complexity index is 810. The number of benzene rings is 1. The summed E-state index contributed by atoms with van der Waals surface area (Å²) in [5.74, 6) is 0.396. The zero-order chi connectivity index (χ0) is 17.6. The van der Waals surface area contributed by atoms with Crippen LogP contribution >= 0.6 is 0 Å². The molecule has 0 N–H and O–H groups in total. The summed E-state index contributed by atoms with van der Waals surface area (Å²) < 4.78 is 24.3. The number of rotatable bonds is 7. The van der Waals surface area contributed by atoms with Crippen molar-refractivity contribution in [3.8, 4) is 11.5 Å². The van der Waals surface area contributed by atoms with E-state index in [1.54, 1.807) is 25.4 Å². The minimum atomic E-state index is -0.343. The Hall–Kier alpha value is -2.64. The Labute approximate surface area is 145 Å². The number of halogens is 1. The molecule has 0 unspecified atom stereocenters. The van der Waals surface area contributed by atoms with Gasteiger partial charge in [-0.2, -0.15) is 0 Å². The van der Waals surface area contributed by atoms with Crippen molar-refractivity contribution in [2.24, 2.45) is 0 Å². The van der Waals surface area contributed by atoms with E-state index in [1.165, 1.54) is 12.1 Å². The maximum atomic E-state index is 13.3. The minimum absolute atomic E-state index is 0.0456. The topological polar surface area (TPSA) is 64.3 Å². The van der Waals surface area contributed by atoms with E-state index in [2.05, 4.69) is 15.2 Å². The van der Waals surface area contributed by atoms with Crippen molar-refractivity contribution in [2.45, 2.75) is 12.6 Å². The van der Waals surface area contributed by atoms with Crippen molar-refractivity contribution < 1.29 is 13.5 Å². The van der Waals surface area contributed by atoms with Crippen LogP contribution < -0.4 is 0 Å². The number of likely N-dealkylation sites (N-methyl/N-ethyl adjacent to an activating group) is 1. The quantitative estimate of drug-likeness (QED) is 0.657. The summed E-state index contributed by atoms with van der Waals surface area (Å²) in [6.45, 7) is 0.908. The summed E-state index contributed by atoms with van der Waals surface area (Å²) in [6, 6.07) is 11.8. The molecule has 0 aliphatic rings. The van der Waals surface area contributed by atoms with Crippen LogP contribution in [0.2, 0.25) is 0 Å². The first kappa shape index (κ1) is 17.2. The lowest BCUT2D eigenvalue weighted by atomic mass is 10.1. The van der Waals surface area contributed by atoms with E-state index in [0.717, 1.165) is 5.69 Å². The summed E-state index contributed by atoms with van der Waals surface area (Å²) in [4.78, 5) is 6.42. The first-order valence-corrected chi connectivity index (χ1v) is 7.86. The van der Waals surface area contributed by atoms with Crippen LogP contribution in [-0.2, 0) is 11.3 Å². The number of hydrogen-bond donors (Lipinski definition) is 0. The molecule has 1 atom stereocenters. The molecule has 0 spiro atoms. The van der Waals surface area contributed by atoms with Crippen LogP contribution in [0.4, 0.5) is 4.39 Å². The lowest BCUT2D eigenvalue weighted by Crippen LogP contribution is -2.28. The van der Waals surface area contributed by atoms with Gasteiger partial charge in [0.25, 0.3) is 0 Å². The number of aromatic nitrogens is 3. The van der Waals surface area contributed by atoms with E-state index < -0.39 is 0 Å². The summed E-state index contributed by atoms with van der Waals surface area (Å²) in [7, 11) is 3.59. The van der Waals surface area contributed by atoms with Crippen LogP contribution in [-0.4, -0.2) is 40.8 Å². The molecule has 3 rings (SSSR count). The maximum Gasteiger partial charge on any atom is 0.247 e. The molecule has 1 aromatic carbocycles. The van der Waals surface area contributed by atoms with Crippen LogP contribution in [0.5, 0.6) is 0 Å². The van der Waals surface area contributed by atoms with Crippen LogP contribution in [0.1, 0.15) is 17.6 Å². The lowest BCUT2D eigenvalue weighted by molar-refractivity contribution is 0.0949. The van der Waals surface area contributed by atoms with E-state index in [4.69, 9.17) is 9.15 Å². The summed E-state index contributed by atoms with van der Waals surface area (Å²) in [5.41, 5.74) is 1.45. The second-order valence-corrected chi connectivity index (χ2v) is 5.65. The van der Waals surface area contributed by atoms with E-state index in [9.17, 15) is 4.39 Å². The van der Waals surface area contributed by atoms with Crippen LogP contribution in [0.3, 0.4) is 0 Å². The Balaban J connectivity index is 1.75. The smallest absolute Gasteiger partial charge is 0.247 e. The summed E-state index contributed by atoms with van der Waals surface area (Å²) >= 11 is 0. The molecule has 2 heterocycles. The third kappa shape index (κ3) is 4.26. The van der Waals surface area contributed by atoms with Gasteiger partial charge in [0.05, 0.1) is 24.9 Å². The van der Waals surface area contributed by atoms with Gasteiger partial charge in [0.2, 0.25) is 11.8 Å². The molecule has 0 radical (unpaired) electrons. The zero-order valence-corrected chi connectivity index (χ0v) is 14.1. The molecule has 0 amide bonds. The van der Waals surface area contributed by atoms with Crippen LogP contribution in [0.15, 0.2) is 53.1 Å². The van der Waals surface area contributed by atoms with E-state index >= 15 is 0 Å². The zero-order valence-electron chi connectivity index (χ0n) is 14.1. The molecular weight excluding hydrogens is 323 g/mol. The molecule has 25 heavy (non-hydrogen) atoms. The van der Waals surface area contributed by atoms with Gasteiger partial charge in [0.1, 0.15) is 5.82 Å². The molecule has 0 aliphatic carbocycles. The summed E-state index contributed by atoms with van der Waals surface area (Å²) in [5, 5.41) is 8.06. The van der Waals surface area contributed by atoms with Gasteiger partial charge in [-0.3, -0.25) is 9.88 Å². The van der Waals surface area contributed by atoms with Gasteiger partial charge < -0.3 is 9.15 Å². The molecule has 3 aromatic rings. The highest BCUT2D eigenvalue weighted by molar-refractivity contribution is 5.52. The molecule has 7 heteroatoms. The van der Waals surface area contributed by atoms with Gasteiger partial charge in [-0.1, -0.05) is 12.1 Å². The van der Waals surface area contributed by atoms with Gasteiger partial charge in [-0.15, -0.1) is 10.2 Å². The Morgan fingerprint density at radius 1 is 1.20 bits per heavy atom. The number of ether oxygens (including phenoxy) is 1. The average molecular weight is 342 g/mol. The number of pyridine rings is 1. The Morgan fingerprint density at radius 3 is 2.80 bits per heavy atom.